The van der Waals surface area contributed by atoms with Crippen molar-refractivity contribution in [3.8, 4) is 0 Å². The molecule has 0 atom stereocenters. The fourth-order valence-corrected chi connectivity index (χ4v) is 2.98. The molecule has 1 saturated carbocycles. The van der Waals surface area contributed by atoms with Gasteiger partial charge in [-0.1, -0.05) is 12.8 Å². The van der Waals surface area contributed by atoms with Crippen LogP contribution in [-0.4, -0.2) is 11.7 Å². The molecule has 0 radical (unpaired) electrons. The van der Waals surface area contributed by atoms with Crippen LogP contribution < -0.4 is 10.9 Å². The van der Waals surface area contributed by atoms with Crippen LogP contribution >= 0.6 is 0 Å². The minimum Gasteiger partial charge on any atom is -0.426 e. The molecule has 1 heterocycles. The van der Waals surface area contributed by atoms with Crippen molar-refractivity contribution in [3.63, 3.8) is 0 Å². The summed E-state index contributed by atoms with van der Waals surface area (Å²) in [5.41, 5.74) is -0.0294. The van der Waals surface area contributed by atoms with Crippen LogP contribution in [0, 0.1) is 5.92 Å². The van der Waals surface area contributed by atoms with Crippen molar-refractivity contribution in [1.82, 2.24) is 0 Å². The summed E-state index contributed by atoms with van der Waals surface area (Å²) in [6.45, 7) is 0. The van der Waals surface area contributed by atoms with Crippen molar-refractivity contribution < 1.29 is 14.0 Å². The fourth-order valence-electron chi connectivity index (χ4n) is 2.98. The number of Topliss-reactive ketones (excluding diaryl/α,β-unsaturated/α-hetero) is 1. The maximum absolute atomic E-state index is 12.0. The number of hydrogen-bond donors (Lipinski definition) is 1. The maximum atomic E-state index is 12.0. The van der Waals surface area contributed by atoms with E-state index in [9.17, 15) is 14.4 Å². The maximum Gasteiger partial charge on any atom is 0.359 e. The Morgan fingerprint density at radius 3 is 2.65 bits per heavy atom. The molecule has 1 aromatic heterocycles. The van der Waals surface area contributed by atoms with Gasteiger partial charge in [-0.05, 0) is 25.3 Å². The smallest absolute Gasteiger partial charge is 0.359 e. The molecule has 0 saturated heterocycles. The highest BCUT2D eigenvalue weighted by Gasteiger charge is 2.25. The predicted molar refractivity (Wildman–Crippen MR) is 72.8 cm³/mol. The third-order valence-corrected chi connectivity index (χ3v) is 4.12. The number of carbonyl (C=O) groups excluding carboxylic acids is 2. The summed E-state index contributed by atoms with van der Waals surface area (Å²) < 4.78 is 5.17. The molecule has 106 valence electrons. The van der Waals surface area contributed by atoms with Crippen molar-refractivity contribution in [2.45, 2.75) is 44.9 Å². The number of carbonyl (C=O) groups is 2. The van der Waals surface area contributed by atoms with Crippen LogP contribution in [0.25, 0.3) is 0 Å². The summed E-state index contributed by atoms with van der Waals surface area (Å²) in [5.74, 6) is 0.260. The normalized spacial score (nSPS) is 18.9. The first-order valence-corrected chi connectivity index (χ1v) is 7.16. The highest BCUT2D eigenvalue weighted by atomic mass is 16.4. The van der Waals surface area contributed by atoms with Gasteiger partial charge in [0.2, 0.25) is 5.91 Å². The van der Waals surface area contributed by atoms with Gasteiger partial charge in [0, 0.05) is 18.8 Å². The van der Waals surface area contributed by atoms with E-state index >= 15 is 0 Å². The van der Waals surface area contributed by atoms with Crippen LogP contribution in [0.1, 0.15) is 54.6 Å². The largest absolute Gasteiger partial charge is 0.426 e. The second kappa shape index (κ2) is 5.23. The number of amides is 1. The van der Waals surface area contributed by atoms with Gasteiger partial charge in [-0.25, -0.2) is 4.79 Å². The topological polar surface area (TPSA) is 76.4 Å². The number of ketones is 1. The summed E-state index contributed by atoms with van der Waals surface area (Å²) in [6, 6.07) is 1.48. The van der Waals surface area contributed by atoms with E-state index in [1.807, 2.05) is 0 Å². The third kappa shape index (κ3) is 2.40. The van der Waals surface area contributed by atoms with Gasteiger partial charge in [0.25, 0.3) is 0 Å². The lowest BCUT2D eigenvalue weighted by Gasteiger charge is -2.15. The number of aryl methyl sites for hydroxylation is 1. The summed E-state index contributed by atoms with van der Waals surface area (Å²) in [6.07, 6.45) is 5.61. The summed E-state index contributed by atoms with van der Waals surface area (Å²) >= 11 is 0. The van der Waals surface area contributed by atoms with Gasteiger partial charge in [-0.15, -0.1) is 0 Å². The predicted octanol–water partition coefficient (Wildman–Crippen LogP) is 2.29. The lowest BCUT2D eigenvalue weighted by molar-refractivity contribution is -0.119. The van der Waals surface area contributed by atoms with E-state index in [2.05, 4.69) is 5.32 Å². The van der Waals surface area contributed by atoms with Gasteiger partial charge in [0.1, 0.15) is 11.4 Å². The molecule has 0 unspecified atom stereocenters. The average Bonchev–Trinajstić information content (AvgIpc) is 2.94. The highest BCUT2D eigenvalue weighted by Crippen LogP contribution is 2.26. The molecule has 3 rings (SSSR count). The van der Waals surface area contributed by atoms with Crippen LogP contribution in [0.2, 0.25) is 0 Å². The SMILES string of the molecule is O=C1CCCc2oc(=O)c(NC(=O)C3CCCC3)cc21. The van der Waals surface area contributed by atoms with E-state index < -0.39 is 5.63 Å². The zero-order valence-corrected chi connectivity index (χ0v) is 11.2. The standard InChI is InChI=1S/C15H17NO4/c17-12-6-3-7-13-10(12)8-11(15(19)20-13)16-14(18)9-4-1-2-5-9/h8-9H,1-7H2,(H,16,18). The molecule has 0 spiro atoms. The van der Waals surface area contributed by atoms with E-state index in [0.717, 1.165) is 25.7 Å². The Labute approximate surface area is 116 Å². The van der Waals surface area contributed by atoms with Gasteiger partial charge in [0.05, 0.1) is 5.56 Å². The van der Waals surface area contributed by atoms with E-state index in [1.54, 1.807) is 0 Å². The van der Waals surface area contributed by atoms with Crippen LogP contribution in [0.3, 0.4) is 0 Å². The van der Waals surface area contributed by atoms with E-state index in [0.29, 0.717) is 30.6 Å². The molecule has 5 heteroatoms. The Bertz CT molecular complexity index is 611. The molecule has 1 amide bonds. The lowest BCUT2D eigenvalue weighted by Crippen LogP contribution is -2.25. The van der Waals surface area contributed by atoms with Crippen LogP contribution in [0.4, 0.5) is 5.69 Å². The molecule has 0 bridgehead atoms. The number of anilines is 1. The van der Waals surface area contributed by atoms with Crippen molar-refractivity contribution in [2.75, 3.05) is 5.32 Å². The lowest BCUT2D eigenvalue weighted by atomic mass is 9.96. The van der Waals surface area contributed by atoms with Crippen molar-refractivity contribution >= 4 is 17.4 Å². The minimum atomic E-state index is -0.565. The van der Waals surface area contributed by atoms with Gasteiger partial charge in [0.15, 0.2) is 5.78 Å². The number of fused-ring (bicyclic) bond motifs is 1. The van der Waals surface area contributed by atoms with Crippen LogP contribution in [-0.2, 0) is 11.2 Å². The zero-order chi connectivity index (χ0) is 14.1. The molecular formula is C15H17NO4. The van der Waals surface area contributed by atoms with Crippen molar-refractivity contribution in [1.29, 1.82) is 0 Å². The molecule has 20 heavy (non-hydrogen) atoms. The highest BCUT2D eigenvalue weighted by molar-refractivity contribution is 5.99. The minimum absolute atomic E-state index is 0.0219. The summed E-state index contributed by atoms with van der Waals surface area (Å²) in [4.78, 5) is 35.7. The second-order valence-electron chi connectivity index (χ2n) is 5.53. The number of rotatable bonds is 2. The van der Waals surface area contributed by atoms with Crippen molar-refractivity contribution in [3.05, 3.63) is 27.8 Å². The fraction of sp³-hybridized carbons (Fsp3) is 0.533. The van der Waals surface area contributed by atoms with E-state index in [4.69, 9.17) is 4.42 Å². The van der Waals surface area contributed by atoms with E-state index in [-0.39, 0.29) is 23.3 Å². The second-order valence-corrected chi connectivity index (χ2v) is 5.53. The zero-order valence-electron chi connectivity index (χ0n) is 11.2. The third-order valence-electron chi connectivity index (χ3n) is 4.12. The molecule has 1 N–H and O–H groups in total. The molecule has 2 aliphatic carbocycles. The molecular weight excluding hydrogens is 258 g/mol. The Morgan fingerprint density at radius 1 is 1.15 bits per heavy atom. The first-order chi connectivity index (χ1) is 9.65. The summed E-state index contributed by atoms with van der Waals surface area (Å²) in [5, 5.41) is 2.63. The molecule has 1 fully saturated rings. The molecule has 1 aromatic rings. The van der Waals surface area contributed by atoms with Crippen LogP contribution in [0.15, 0.2) is 15.3 Å². The monoisotopic (exact) mass is 275 g/mol. The molecule has 5 nitrogen and oxygen atoms in total. The quantitative estimate of drug-likeness (QED) is 0.898. The van der Waals surface area contributed by atoms with Gasteiger partial charge in [-0.2, -0.15) is 0 Å². The van der Waals surface area contributed by atoms with E-state index in [1.165, 1.54) is 6.07 Å². The first kappa shape index (κ1) is 13.1. The van der Waals surface area contributed by atoms with Crippen molar-refractivity contribution in [2.24, 2.45) is 5.92 Å². The van der Waals surface area contributed by atoms with Crippen LogP contribution in [0.5, 0.6) is 0 Å². The van der Waals surface area contributed by atoms with Gasteiger partial charge < -0.3 is 9.73 Å². The number of hydrogen-bond acceptors (Lipinski definition) is 4. The summed E-state index contributed by atoms with van der Waals surface area (Å²) in [7, 11) is 0. The Kier molecular flexibility index (Phi) is 3.42. The Balaban J connectivity index is 1.86. The van der Waals surface area contributed by atoms with Gasteiger partial charge in [-0.3, -0.25) is 9.59 Å². The molecule has 2 aliphatic rings. The average molecular weight is 275 g/mol. The Hall–Kier alpha value is -1.91. The Morgan fingerprint density at radius 2 is 1.90 bits per heavy atom. The number of nitrogens with one attached hydrogen (secondary N) is 1. The molecule has 0 aromatic carbocycles. The first-order valence-electron chi connectivity index (χ1n) is 7.16. The molecule has 0 aliphatic heterocycles. The van der Waals surface area contributed by atoms with Gasteiger partial charge >= 0.3 is 5.63 Å².